The normalized spacial score (nSPS) is 10.7. The Morgan fingerprint density at radius 3 is 2.80 bits per heavy atom. The zero-order chi connectivity index (χ0) is 14.2. The molecule has 0 atom stereocenters. The van der Waals surface area contributed by atoms with Gasteiger partial charge in [0.2, 0.25) is 0 Å². The van der Waals surface area contributed by atoms with Crippen LogP contribution < -0.4 is 0 Å². The molecule has 0 fully saturated rings. The van der Waals surface area contributed by atoms with Gasteiger partial charge in [0, 0.05) is 18.0 Å². The van der Waals surface area contributed by atoms with E-state index >= 15 is 0 Å². The van der Waals surface area contributed by atoms with Gasteiger partial charge < -0.3 is 4.74 Å². The number of hydrogen-bond donors (Lipinski definition) is 0. The molecular weight excluding hydrogens is 252 g/mol. The zero-order valence-corrected chi connectivity index (χ0v) is 11.3. The highest BCUT2D eigenvalue weighted by Gasteiger charge is 2.08. The lowest BCUT2D eigenvalue weighted by molar-refractivity contribution is -0.142. The first-order chi connectivity index (χ1) is 9.79. The fraction of sp³-hybridized carbons (Fsp3) is 0.188. The quantitative estimate of drug-likeness (QED) is 0.619. The van der Waals surface area contributed by atoms with Gasteiger partial charge in [-0.15, -0.1) is 0 Å². The standard InChI is InChI=1S/C16H16N2O2/c1-2-20-15(19)11-14-9-6-10-17-16(14)18-12-13-7-4-3-5-8-13/h3-10,12H,2,11H2,1H3/b18-12+. The Labute approximate surface area is 118 Å². The Morgan fingerprint density at radius 2 is 2.05 bits per heavy atom. The second-order valence-electron chi connectivity index (χ2n) is 4.14. The lowest BCUT2D eigenvalue weighted by Crippen LogP contribution is -2.07. The number of aromatic nitrogens is 1. The van der Waals surface area contributed by atoms with E-state index in [-0.39, 0.29) is 12.4 Å². The summed E-state index contributed by atoms with van der Waals surface area (Å²) in [4.78, 5) is 20.1. The van der Waals surface area contributed by atoms with Gasteiger partial charge >= 0.3 is 5.97 Å². The highest BCUT2D eigenvalue weighted by atomic mass is 16.5. The number of rotatable bonds is 5. The summed E-state index contributed by atoms with van der Waals surface area (Å²) in [5.74, 6) is 0.279. The van der Waals surface area contributed by atoms with Crippen molar-refractivity contribution in [3.8, 4) is 0 Å². The predicted molar refractivity (Wildman–Crippen MR) is 78.3 cm³/mol. The first kappa shape index (κ1) is 13.9. The van der Waals surface area contributed by atoms with Gasteiger partial charge in [0.05, 0.1) is 13.0 Å². The smallest absolute Gasteiger partial charge is 0.310 e. The van der Waals surface area contributed by atoms with Crippen LogP contribution in [0.4, 0.5) is 5.82 Å². The number of aliphatic imine (C=N–C) groups is 1. The number of esters is 1. The van der Waals surface area contributed by atoms with Crippen molar-refractivity contribution < 1.29 is 9.53 Å². The van der Waals surface area contributed by atoms with Crippen LogP contribution >= 0.6 is 0 Å². The van der Waals surface area contributed by atoms with E-state index < -0.39 is 0 Å². The van der Waals surface area contributed by atoms with Crippen molar-refractivity contribution in [3.05, 3.63) is 59.8 Å². The summed E-state index contributed by atoms with van der Waals surface area (Å²) in [6.07, 6.45) is 3.58. The topological polar surface area (TPSA) is 51.5 Å². The summed E-state index contributed by atoms with van der Waals surface area (Å²) in [6.45, 7) is 2.16. The molecule has 0 bridgehead atoms. The average Bonchev–Trinajstić information content (AvgIpc) is 2.48. The molecule has 1 aromatic carbocycles. The monoisotopic (exact) mass is 268 g/mol. The fourth-order valence-electron chi connectivity index (χ4n) is 1.73. The lowest BCUT2D eigenvalue weighted by Gasteiger charge is -2.04. The molecule has 0 aliphatic carbocycles. The molecule has 0 spiro atoms. The third-order valence-electron chi connectivity index (χ3n) is 2.64. The summed E-state index contributed by atoms with van der Waals surface area (Å²) in [5, 5.41) is 0. The maximum absolute atomic E-state index is 11.5. The van der Waals surface area contributed by atoms with Crippen LogP contribution in [0.2, 0.25) is 0 Å². The molecular formula is C16H16N2O2. The fourth-order valence-corrected chi connectivity index (χ4v) is 1.73. The number of carbonyl (C=O) groups excluding carboxylic acids is 1. The van der Waals surface area contributed by atoms with Crippen molar-refractivity contribution in [2.24, 2.45) is 4.99 Å². The predicted octanol–water partition coefficient (Wildman–Crippen LogP) is 2.94. The molecule has 4 heteroatoms. The van der Waals surface area contributed by atoms with Gasteiger partial charge in [-0.2, -0.15) is 0 Å². The molecule has 0 saturated heterocycles. The van der Waals surface area contributed by atoms with Crippen molar-refractivity contribution in [3.63, 3.8) is 0 Å². The largest absolute Gasteiger partial charge is 0.466 e. The first-order valence-electron chi connectivity index (χ1n) is 6.48. The van der Waals surface area contributed by atoms with E-state index in [9.17, 15) is 4.79 Å². The molecule has 0 N–H and O–H groups in total. The summed E-state index contributed by atoms with van der Waals surface area (Å²) < 4.78 is 4.94. The first-order valence-corrected chi connectivity index (χ1v) is 6.48. The SMILES string of the molecule is CCOC(=O)Cc1cccnc1/N=C/c1ccccc1. The zero-order valence-electron chi connectivity index (χ0n) is 11.3. The number of nitrogens with zero attached hydrogens (tertiary/aromatic N) is 2. The van der Waals surface area contributed by atoms with Crippen LogP contribution in [0.1, 0.15) is 18.1 Å². The molecule has 0 aliphatic heterocycles. The summed E-state index contributed by atoms with van der Waals surface area (Å²) >= 11 is 0. The Morgan fingerprint density at radius 1 is 1.25 bits per heavy atom. The number of carbonyl (C=O) groups is 1. The minimum Gasteiger partial charge on any atom is -0.466 e. The third-order valence-corrected chi connectivity index (χ3v) is 2.64. The van der Waals surface area contributed by atoms with E-state index in [1.165, 1.54) is 0 Å². The number of benzene rings is 1. The van der Waals surface area contributed by atoms with Gasteiger partial charge in [-0.1, -0.05) is 36.4 Å². The number of ether oxygens (including phenoxy) is 1. The van der Waals surface area contributed by atoms with Crippen molar-refractivity contribution in [1.29, 1.82) is 0 Å². The van der Waals surface area contributed by atoms with Crippen LogP contribution in [0.5, 0.6) is 0 Å². The highest BCUT2D eigenvalue weighted by molar-refractivity contribution is 5.82. The summed E-state index contributed by atoms with van der Waals surface area (Å²) in [6, 6.07) is 13.4. The van der Waals surface area contributed by atoms with Crippen LogP contribution in [-0.4, -0.2) is 23.8 Å². The van der Waals surface area contributed by atoms with Gasteiger partial charge in [0.1, 0.15) is 0 Å². The second kappa shape index (κ2) is 7.19. The van der Waals surface area contributed by atoms with Crippen LogP contribution in [0, 0.1) is 0 Å². The van der Waals surface area contributed by atoms with Crippen LogP contribution in [0.3, 0.4) is 0 Å². The van der Waals surface area contributed by atoms with Gasteiger partial charge in [0.25, 0.3) is 0 Å². The van der Waals surface area contributed by atoms with Crippen LogP contribution in [0.15, 0.2) is 53.7 Å². The van der Waals surface area contributed by atoms with Crippen molar-refractivity contribution >= 4 is 18.0 Å². The van der Waals surface area contributed by atoms with Gasteiger partial charge in [-0.3, -0.25) is 4.79 Å². The molecule has 0 aliphatic rings. The molecule has 0 amide bonds. The molecule has 1 aromatic heterocycles. The third kappa shape index (κ3) is 4.02. The van der Waals surface area contributed by atoms with Crippen molar-refractivity contribution in [1.82, 2.24) is 4.98 Å². The molecule has 2 aromatic rings. The van der Waals surface area contributed by atoms with Crippen LogP contribution in [-0.2, 0) is 16.0 Å². The molecule has 0 unspecified atom stereocenters. The highest BCUT2D eigenvalue weighted by Crippen LogP contribution is 2.16. The van der Waals surface area contributed by atoms with Crippen LogP contribution in [0.25, 0.3) is 0 Å². The van der Waals surface area contributed by atoms with E-state index in [1.807, 2.05) is 36.4 Å². The summed E-state index contributed by atoms with van der Waals surface area (Å²) in [5.41, 5.74) is 1.75. The number of pyridine rings is 1. The second-order valence-corrected chi connectivity index (χ2v) is 4.14. The lowest BCUT2D eigenvalue weighted by atomic mass is 10.2. The molecule has 20 heavy (non-hydrogen) atoms. The maximum atomic E-state index is 11.5. The van der Waals surface area contributed by atoms with E-state index in [0.717, 1.165) is 11.1 Å². The van der Waals surface area contributed by atoms with E-state index in [4.69, 9.17) is 4.74 Å². The molecule has 0 radical (unpaired) electrons. The van der Waals surface area contributed by atoms with E-state index in [2.05, 4.69) is 9.98 Å². The Balaban J connectivity index is 2.16. The minimum absolute atomic E-state index is 0.184. The van der Waals surface area contributed by atoms with Gasteiger partial charge in [0.15, 0.2) is 5.82 Å². The molecule has 1 heterocycles. The van der Waals surface area contributed by atoms with Gasteiger partial charge in [-0.25, -0.2) is 9.98 Å². The van der Waals surface area contributed by atoms with Gasteiger partial charge in [-0.05, 0) is 18.6 Å². The molecule has 4 nitrogen and oxygen atoms in total. The molecule has 102 valence electrons. The molecule has 0 saturated carbocycles. The number of hydrogen-bond acceptors (Lipinski definition) is 4. The van der Waals surface area contributed by atoms with E-state index in [0.29, 0.717) is 12.4 Å². The van der Waals surface area contributed by atoms with E-state index in [1.54, 1.807) is 25.4 Å². The summed E-state index contributed by atoms with van der Waals surface area (Å²) in [7, 11) is 0. The minimum atomic E-state index is -0.267. The van der Waals surface area contributed by atoms with Crippen molar-refractivity contribution in [2.45, 2.75) is 13.3 Å². The average molecular weight is 268 g/mol. The van der Waals surface area contributed by atoms with Crippen molar-refractivity contribution in [2.75, 3.05) is 6.61 Å². The Hall–Kier alpha value is -2.49. The Kier molecular flexibility index (Phi) is 5.00. The molecule has 2 rings (SSSR count). The Bertz CT molecular complexity index is 594. The maximum Gasteiger partial charge on any atom is 0.310 e.